The number of aliphatic hydroxyl groups is 1. The molecule has 1 spiro atoms. The van der Waals surface area contributed by atoms with E-state index in [0.717, 1.165) is 36.4 Å². The Morgan fingerprint density at radius 2 is 2.19 bits per heavy atom. The monoisotopic (exact) mass is 357 g/mol. The number of carbonyl (C=O) groups is 1. The molecule has 0 aromatic heterocycles. The maximum Gasteiger partial charge on any atom is 0.166 e. The molecule has 0 saturated heterocycles. The van der Waals surface area contributed by atoms with Crippen molar-refractivity contribution < 1.29 is 19.4 Å². The van der Waals surface area contributed by atoms with Crippen LogP contribution in [0.25, 0.3) is 0 Å². The van der Waals surface area contributed by atoms with E-state index in [1.165, 1.54) is 5.56 Å². The number of methoxy groups -OCH3 is 1. The molecular formula is C21H27NO4. The van der Waals surface area contributed by atoms with E-state index in [9.17, 15) is 9.90 Å². The fourth-order valence-electron chi connectivity index (χ4n) is 4.86. The van der Waals surface area contributed by atoms with Crippen LogP contribution >= 0.6 is 0 Å². The van der Waals surface area contributed by atoms with Gasteiger partial charge in [-0.2, -0.15) is 0 Å². The van der Waals surface area contributed by atoms with Crippen molar-refractivity contribution in [3.63, 3.8) is 0 Å². The molecule has 0 fully saturated rings. The van der Waals surface area contributed by atoms with E-state index < -0.39 is 11.5 Å². The van der Waals surface area contributed by atoms with E-state index >= 15 is 0 Å². The molecule has 1 aromatic rings. The summed E-state index contributed by atoms with van der Waals surface area (Å²) in [4.78, 5) is 15.5. The highest BCUT2D eigenvalue weighted by Gasteiger charge is 2.58. The van der Waals surface area contributed by atoms with Gasteiger partial charge in [0.2, 0.25) is 0 Å². The van der Waals surface area contributed by atoms with Crippen LogP contribution in [0.5, 0.6) is 11.5 Å². The Morgan fingerprint density at radius 3 is 2.88 bits per heavy atom. The maximum absolute atomic E-state index is 13.2. The quantitative estimate of drug-likeness (QED) is 0.900. The molecule has 0 saturated carbocycles. The van der Waals surface area contributed by atoms with E-state index in [4.69, 9.17) is 9.47 Å². The molecule has 3 atom stereocenters. The van der Waals surface area contributed by atoms with Crippen molar-refractivity contribution in [3.8, 4) is 11.5 Å². The second-order valence-corrected chi connectivity index (χ2v) is 8.10. The van der Waals surface area contributed by atoms with Gasteiger partial charge in [-0.1, -0.05) is 19.9 Å². The Labute approximate surface area is 154 Å². The van der Waals surface area contributed by atoms with E-state index in [1.54, 1.807) is 13.2 Å². The van der Waals surface area contributed by atoms with Crippen LogP contribution in [0.3, 0.4) is 0 Å². The zero-order valence-corrected chi connectivity index (χ0v) is 15.9. The van der Waals surface area contributed by atoms with Crippen LogP contribution in [-0.2, 0) is 16.8 Å². The number of hydrogen-bond acceptors (Lipinski definition) is 5. The van der Waals surface area contributed by atoms with Crippen molar-refractivity contribution in [2.24, 2.45) is 5.92 Å². The number of Topliss-reactive ketones (excluding diaryl/α,β-unsaturated/α-hetero) is 1. The van der Waals surface area contributed by atoms with E-state index in [0.29, 0.717) is 12.2 Å². The third-order valence-electron chi connectivity index (χ3n) is 6.10. The molecule has 0 radical (unpaired) electrons. The van der Waals surface area contributed by atoms with Gasteiger partial charge in [-0.3, -0.25) is 4.79 Å². The molecule has 0 amide bonds. The first kappa shape index (κ1) is 17.6. The molecule has 5 nitrogen and oxygen atoms in total. The Kier molecular flexibility index (Phi) is 4.12. The standard InChI is InChI=1S/C21H27NO4/c1-12(2)19(24)15-9-14(23)10-17-21(15)7-8-22(3)11-13-5-6-16(25-4)20(26-17)18(13)21/h5-6,9,12,14,17,23H,7-8,10-11H2,1-4H3/t14-,17-,21+/m0/s1. The molecular weight excluding hydrogens is 330 g/mol. The summed E-state index contributed by atoms with van der Waals surface area (Å²) in [6.45, 7) is 5.52. The fraction of sp³-hybridized carbons (Fsp3) is 0.571. The average Bonchev–Trinajstić information content (AvgIpc) is 2.85. The summed E-state index contributed by atoms with van der Waals surface area (Å²) in [6.07, 6.45) is 2.19. The summed E-state index contributed by atoms with van der Waals surface area (Å²) in [5.74, 6) is 1.43. The minimum Gasteiger partial charge on any atom is -0.493 e. The Morgan fingerprint density at radius 1 is 1.42 bits per heavy atom. The molecule has 0 bridgehead atoms. The Balaban J connectivity index is 2.00. The Bertz CT molecular complexity index is 784. The lowest BCUT2D eigenvalue weighted by molar-refractivity contribution is -0.119. The molecule has 2 aliphatic heterocycles. The summed E-state index contributed by atoms with van der Waals surface area (Å²) in [7, 11) is 3.75. The SMILES string of the molecule is COc1ccc2c3c1O[C@H]1C[C@@H](O)C=C(C(=O)C(C)C)[C@@]31CCN(C)C2. The zero-order valence-electron chi connectivity index (χ0n) is 15.9. The average molecular weight is 357 g/mol. The van der Waals surface area contributed by atoms with E-state index in [2.05, 4.69) is 18.0 Å². The summed E-state index contributed by atoms with van der Waals surface area (Å²) < 4.78 is 11.9. The summed E-state index contributed by atoms with van der Waals surface area (Å²) in [6, 6.07) is 4.04. The molecule has 2 heterocycles. The third-order valence-corrected chi connectivity index (χ3v) is 6.10. The zero-order chi connectivity index (χ0) is 18.6. The predicted octanol–water partition coefficient (Wildman–Crippen LogP) is 2.45. The maximum atomic E-state index is 13.2. The van der Waals surface area contributed by atoms with Crippen LogP contribution < -0.4 is 9.47 Å². The first-order chi connectivity index (χ1) is 12.4. The van der Waals surface area contributed by atoms with Gasteiger partial charge in [-0.25, -0.2) is 0 Å². The van der Waals surface area contributed by atoms with Gasteiger partial charge in [-0.05, 0) is 37.7 Å². The highest BCUT2D eigenvalue weighted by molar-refractivity contribution is 6.00. The van der Waals surface area contributed by atoms with Crippen molar-refractivity contribution in [3.05, 3.63) is 34.9 Å². The Hall–Kier alpha value is -1.85. The van der Waals surface area contributed by atoms with Crippen LogP contribution in [0.1, 0.15) is 37.8 Å². The lowest BCUT2D eigenvalue weighted by atomic mass is 9.62. The van der Waals surface area contributed by atoms with Crippen LogP contribution in [0.15, 0.2) is 23.8 Å². The normalized spacial score (nSPS) is 30.2. The van der Waals surface area contributed by atoms with Crippen molar-refractivity contribution in [1.29, 1.82) is 0 Å². The lowest BCUT2D eigenvalue weighted by Crippen LogP contribution is -2.48. The van der Waals surface area contributed by atoms with Crippen molar-refractivity contribution >= 4 is 5.78 Å². The van der Waals surface area contributed by atoms with Crippen molar-refractivity contribution in [1.82, 2.24) is 4.90 Å². The molecule has 140 valence electrons. The van der Waals surface area contributed by atoms with Gasteiger partial charge < -0.3 is 19.5 Å². The van der Waals surface area contributed by atoms with Gasteiger partial charge in [0.1, 0.15) is 6.10 Å². The number of ketones is 1. The number of hydrogen-bond donors (Lipinski definition) is 1. The van der Waals surface area contributed by atoms with Crippen molar-refractivity contribution in [2.45, 2.75) is 50.9 Å². The smallest absolute Gasteiger partial charge is 0.166 e. The first-order valence-electron chi connectivity index (χ1n) is 9.38. The number of ether oxygens (including phenoxy) is 2. The van der Waals surface area contributed by atoms with Crippen LogP contribution in [-0.4, -0.2) is 48.7 Å². The topological polar surface area (TPSA) is 59.0 Å². The summed E-state index contributed by atoms with van der Waals surface area (Å²) in [5, 5.41) is 10.4. The van der Waals surface area contributed by atoms with Gasteiger partial charge >= 0.3 is 0 Å². The van der Waals surface area contributed by atoms with Gasteiger partial charge in [0.05, 0.1) is 18.6 Å². The van der Waals surface area contributed by atoms with Crippen molar-refractivity contribution in [2.75, 3.05) is 20.7 Å². The minimum absolute atomic E-state index is 0.100. The molecule has 26 heavy (non-hydrogen) atoms. The fourth-order valence-corrected chi connectivity index (χ4v) is 4.86. The highest BCUT2D eigenvalue weighted by Crippen LogP contribution is 2.58. The molecule has 4 rings (SSSR count). The van der Waals surface area contributed by atoms with E-state index in [1.807, 2.05) is 19.9 Å². The highest BCUT2D eigenvalue weighted by atomic mass is 16.5. The number of rotatable bonds is 3. The summed E-state index contributed by atoms with van der Waals surface area (Å²) in [5.41, 5.74) is 2.50. The van der Waals surface area contributed by atoms with Gasteiger partial charge in [0.25, 0.3) is 0 Å². The van der Waals surface area contributed by atoms with Gasteiger partial charge in [-0.15, -0.1) is 0 Å². The van der Waals surface area contributed by atoms with Crippen LogP contribution in [0.4, 0.5) is 0 Å². The van der Waals surface area contributed by atoms with Crippen LogP contribution in [0.2, 0.25) is 0 Å². The second-order valence-electron chi connectivity index (χ2n) is 8.10. The third kappa shape index (κ3) is 2.33. The van der Waals surface area contributed by atoms with Gasteiger partial charge in [0.15, 0.2) is 17.3 Å². The lowest BCUT2D eigenvalue weighted by Gasteiger charge is -2.41. The number of benzene rings is 1. The van der Waals surface area contributed by atoms with Crippen LogP contribution in [0, 0.1) is 5.92 Å². The number of nitrogens with zero attached hydrogens (tertiary/aromatic N) is 1. The first-order valence-corrected chi connectivity index (χ1v) is 9.38. The number of aliphatic hydroxyl groups excluding tert-OH is 1. The number of carbonyl (C=O) groups excluding carboxylic acids is 1. The largest absolute Gasteiger partial charge is 0.493 e. The summed E-state index contributed by atoms with van der Waals surface area (Å²) >= 11 is 0. The molecule has 1 aromatic carbocycles. The molecule has 0 unspecified atom stereocenters. The second kappa shape index (κ2) is 6.10. The predicted molar refractivity (Wildman–Crippen MR) is 98.6 cm³/mol. The molecule has 1 N–H and O–H groups in total. The van der Waals surface area contributed by atoms with E-state index in [-0.39, 0.29) is 17.8 Å². The molecule has 1 aliphatic carbocycles. The minimum atomic E-state index is -0.659. The molecule has 3 aliphatic rings. The van der Waals surface area contributed by atoms with Gasteiger partial charge in [0, 0.05) is 30.0 Å². The molecule has 5 heteroatoms.